The van der Waals surface area contributed by atoms with E-state index in [0.717, 1.165) is 6.42 Å². The topological polar surface area (TPSA) is 46.0 Å². The predicted molar refractivity (Wildman–Crippen MR) is 69.1 cm³/mol. The Kier molecular flexibility index (Phi) is 3.86. The lowest BCUT2D eigenvalue weighted by Crippen LogP contribution is -2.04. The van der Waals surface area contributed by atoms with Crippen LogP contribution in [-0.2, 0) is 12.8 Å². The highest BCUT2D eigenvalue weighted by Gasteiger charge is 2.11. The zero-order valence-electron chi connectivity index (χ0n) is 10.1. The first-order valence-corrected chi connectivity index (χ1v) is 6.56. The summed E-state index contributed by atoms with van der Waals surface area (Å²) in [5, 5.41) is 10.1. The molecule has 2 heterocycles. The van der Waals surface area contributed by atoms with Crippen LogP contribution in [0.2, 0.25) is 0 Å². The molecule has 0 aliphatic carbocycles. The molecule has 0 radical (unpaired) electrons. The van der Waals surface area contributed by atoms with E-state index in [1.54, 1.807) is 23.6 Å². The summed E-state index contributed by atoms with van der Waals surface area (Å²) in [6.07, 6.45) is 2.82. The molecule has 3 nitrogen and oxygen atoms in total. The summed E-state index contributed by atoms with van der Waals surface area (Å²) in [4.78, 5) is 10.8. The first-order valence-electron chi connectivity index (χ1n) is 5.74. The largest absolute Gasteiger partial charge is 0.386 e. The summed E-state index contributed by atoms with van der Waals surface area (Å²) in [5.74, 6) is 0.696. The fourth-order valence-corrected chi connectivity index (χ4v) is 2.67. The van der Waals surface area contributed by atoms with Gasteiger partial charge in [-0.25, -0.2) is 9.97 Å². The Morgan fingerprint density at radius 3 is 2.71 bits per heavy atom. The van der Waals surface area contributed by atoms with Gasteiger partial charge in [-0.1, -0.05) is 6.92 Å². The summed E-state index contributed by atoms with van der Waals surface area (Å²) in [6, 6.07) is 5.98. The number of hydrogen-bond donors (Lipinski definition) is 1. The van der Waals surface area contributed by atoms with Gasteiger partial charge in [-0.05, 0) is 31.5 Å². The lowest BCUT2D eigenvalue weighted by atomic mass is 10.1. The number of aryl methyl sites for hydroxylation is 2. The Morgan fingerprint density at radius 1 is 1.29 bits per heavy atom. The molecule has 0 spiro atoms. The van der Waals surface area contributed by atoms with Gasteiger partial charge in [-0.2, -0.15) is 0 Å². The van der Waals surface area contributed by atoms with Crippen molar-refractivity contribution < 1.29 is 5.11 Å². The van der Waals surface area contributed by atoms with Crippen LogP contribution >= 0.6 is 11.3 Å². The van der Waals surface area contributed by atoms with Gasteiger partial charge in [0, 0.05) is 22.4 Å². The summed E-state index contributed by atoms with van der Waals surface area (Å²) in [6.45, 7) is 3.97. The van der Waals surface area contributed by atoms with Crippen LogP contribution in [0.3, 0.4) is 0 Å². The van der Waals surface area contributed by atoms with Gasteiger partial charge in [-0.3, -0.25) is 0 Å². The average Bonchev–Trinajstić information content (AvgIpc) is 2.77. The number of nitrogens with zero attached hydrogens (tertiary/aromatic N) is 2. The molecule has 0 fully saturated rings. The van der Waals surface area contributed by atoms with E-state index in [1.165, 1.54) is 9.75 Å². The van der Waals surface area contributed by atoms with Crippen LogP contribution < -0.4 is 0 Å². The zero-order valence-corrected chi connectivity index (χ0v) is 10.9. The molecule has 4 heteroatoms. The quantitative estimate of drug-likeness (QED) is 0.905. The van der Waals surface area contributed by atoms with Crippen LogP contribution in [0.25, 0.3) is 0 Å². The first kappa shape index (κ1) is 12.2. The zero-order chi connectivity index (χ0) is 12.3. The number of aliphatic hydroxyl groups is 1. The Morgan fingerprint density at radius 2 is 2.06 bits per heavy atom. The summed E-state index contributed by atoms with van der Waals surface area (Å²) in [5.41, 5.74) is 0.698. The molecule has 1 atom stereocenters. The highest BCUT2D eigenvalue weighted by molar-refractivity contribution is 7.11. The smallest absolute Gasteiger partial charge is 0.125 e. The maximum atomic E-state index is 10.1. The maximum Gasteiger partial charge on any atom is 0.125 e. The average molecular weight is 248 g/mol. The van der Waals surface area contributed by atoms with Crippen LogP contribution in [0.4, 0.5) is 0 Å². The highest BCUT2D eigenvalue weighted by Crippen LogP contribution is 2.23. The molecule has 1 unspecified atom stereocenters. The molecule has 2 aromatic rings. The van der Waals surface area contributed by atoms with Crippen LogP contribution in [0.1, 0.15) is 34.3 Å². The van der Waals surface area contributed by atoms with E-state index in [4.69, 9.17) is 0 Å². The van der Waals surface area contributed by atoms with E-state index in [0.29, 0.717) is 17.9 Å². The van der Waals surface area contributed by atoms with Gasteiger partial charge >= 0.3 is 0 Å². The van der Waals surface area contributed by atoms with Crippen molar-refractivity contribution in [1.82, 2.24) is 9.97 Å². The molecule has 0 aliphatic heterocycles. The molecule has 0 bridgehead atoms. The maximum absolute atomic E-state index is 10.1. The van der Waals surface area contributed by atoms with Crippen molar-refractivity contribution in [1.29, 1.82) is 0 Å². The van der Waals surface area contributed by atoms with Crippen LogP contribution in [0.15, 0.2) is 24.4 Å². The van der Waals surface area contributed by atoms with E-state index in [-0.39, 0.29) is 0 Å². The summed E-state index contributed by atoms with van der Waals surface area (Å²) < 4.78 is 0. The Hall–Kier alpha value is -1.26. The Balaban J connectivity index is 2.08. The SMILES string of the molecule is CCc1ccc(CC(O)c2ccnc(C)n2)s1. The van der Waals surface area contributed by atoms with Crippen molar-refractivity contribution >= 4 is 11.3 Å². The fourth-order valence-electron chi connectivity index (χ4n) is 1.68. The van der Waals surface area contributed by atoms with Crippen molar-refractivity contribution in [3.05, 3.63) is 45.7 Å². The van der Waals surface area contributed by atoms with Crippen molar-refractivity contribution in [3.8, 4) is 0 Å². The van der Waals surface area contributed by atoms with Crippen molar-refractivity contribution in [2.45, 2.75) is 32.8 Å². The normalized spacial score (nSPS) is 12.6. The third-order valence-corrected chi connectivity index (χ3v) is 3.85. The van der Waals surface area contributed by atoms with Gasteiger partial charge in [0.2, 0.25) is 0 Å². The molecule has 0 saturated carbocycles. The van der Waals surface area contributed by atoms with E-state index >= 15 is 0 Å². The Labute approximate surface area is 105 Å². The fraction of sp³-hybridized carbons (Fsp3) is 0.385. The Bertz CT molecular complexity index is 496. The lowest BCUT2D eigenvalue weighted by Gasteiger charge is -2.08. The van der Waals surface area contributed by atoms with Crippen molar-refractivity contribution in [2.75, 3.05) is 0 Å². The summed E-state index contributed by atoms with van der Waals surface area (Å²) in [7, 11) is 0. The minimum absolute atomic E-state index is 0.542. The first-order chi connectivity index (χ1) is 8.19. The van der Waals surface area contributed by atoms with E-state index < -0.39 is 6.10 Å². The monoisotopic (exact) mass is 248 g/mol. The minimum atomic E-state index is -0.542. The summed E-state index contributed by atoms with van der Waals surface area (Å²) >= 11 is 1.76. The molecular weight excluding hydrogens is 232 g/mol. The van der Waals surface area contributed by atoms with E-state index in [2.05, 4.69) is 29.0 Å². The van der Waals surface area contributed by atoms with Gasteiger partial charge in [0.1, 0.15) is 11.9 Å². The number of aromatic nitrogens is 2. The molecule has 0 aliphatic rings. The van der Waals surface area contributed by atoms with E-state index in [1.807, 2.05) is 6.92 Å². The van der Waals surface area contributed by atoms with Gasteiger partial charge in [0.05, 0.1) is 5.69 Å². The third kappa shape index (κ3) is 3.11. The third-order valence-electron chi connectivity index (χ3n) is 2.60. The second kappa shape index (κ2) is 5.38. The standard InChI is InChI=1S/C13H16N2OS/c1-3-10-4-5-11(17-10)8-13(16)12-6-7-14-9(2)15-12/h4-7,13,16H,3,8H2,1-2H3. The molecule has 0 saturated heterocycles. The van der Waals surface area contributed by atoms with Gasteiger partial charge in [-0.15, -0.1) is 11.3 Å². The molecule has 17 heavy (non-hydrogen) atoms. The van der Waals surface area contributed by atoms with Crippen LogP contribution in [0.5, 0.6) is 0 Å². The molecule has 2 rings (SSSR count). The number of thiophene rings is 1. The highest BCUT2D eigenvalue weighted by atomic mass is 32.1. The molecular formula is C13H16N2OS. The van der Waals surface area contributed by atoms with Gasteiger partial charge in [0.15, 0.2) is 0 Å². The number of rotatable bonds is 4. The minimum Gasteiger partial charge on any atom is -0.386 e. The molecule has 1 N–H and O–H groups in total. The van der Waals surface area contributed by atoms with Crippen molar-refractivity contribution in [3.63, 3.8) is 0 Å². The second-order valence-corrected chi connectivity index (χ2v) is 5.22. The van der Waals surface area contributed by atoms with E-state index in [9.17, 15) is 5.11 Å². The molecule has 90 valence electrons. The number of aliphatic hydroxyl groups excluding tert-OH is 1. The van der Waals surface area contributed by atoms with Crippen molar-refractivity contribution in [2.24, 2.45) is 0 Å². The molecule has 0 amide bonds. The number of hydrogen-bond acceptors (Lipinski definition) is 4. The second-order valence-electron chi connectivity index (χ2n) is 3.97. The molecule has 0 aromatic carbocycles. The predicted octanol–water partition coefficient (Wildman–Crippen LogP) is 2.69. The van der Waals surface area contributed by atoms with Crippen LogP contribution in [-0.4, -0.2) is 15.1 Å². The molecule has 2 aromatic heterocycles. The lowest BCUT2D eigenvalue weighted by molar-refractivity contribution is 0.174. The van der Waals surface area contributed by atoms with Gasteiger partial charge < -0.3 is 5.11 Å². The van der Waals surface area contributed by atoms with Gasteiger partial charge in [0.25, 0.3) is 0 Å². The van der Waals surface area contributed by atoms with Crippen LogP contribution in [0, 0.1) is 6.92 Å².